The fourth-order valence-corrected chi connectivity index (χ4v) is 5.18. The third-order valence-electron chi connectivity index (χ3n) is 6.61. The monoisotopic (exact) mass is 540 g/mol. The topological polar surface area (TPSA) is 76.5 Å². The first-order valence-electron chi connectivity index (χ1n) is 12.3. The number of nitrogens with one attached hydrogen (secondary N) is 1. The van der Waals surface area contributed by atoms with E-state index in [1.54, 1.807) is 19.2 Å². The number of halogens is 1. The highest BCUT2D eigenvalue weighted by atomic mass is 79.9. The molecule has 0 unspecified atom stereocenters. The molecule has 35 heavy (non-hydrogen) atoms. The molecule has 186 valence electrons. The largest absolute Gasteiger partial charge is 0.385 e. The van der Waals surface area contributed by atoms with Gasteiger partial charge >= 0.3 is 0 Å². The van der Waals surface area contributed by atoms with Crippen LogP contribution in [0.4, 0.5) is 5.95 Å². The molecule has 0 radical (unpaired) electrons. The molecule has 1 N–H and O–H groups in total. The molecule has 2 aromatic carbocycles. The molecule has 0 aliphatic heterocycles. The van der Waals surface area contributed by atoms with Crippen molar-refractivity contribution in [2.75, 3.05) is 26.1 Å². The first-order valence-corrected chi connectivity index (χ1v) is 13.1. The molecular weight excluding hydrogens is 508 g/mol. The van der Waals surface area contributed by atoms with Crippen molar-refractivity contribution in [3.63, 3.8) is 0 Å². The van der Waals surface area contributed by atoms with Crippen molar-refractivity contribution in [2.24, 2.45) is 5.92 Å². The number of fused-ring (bicyclic) bond motifs is 1. The molecule has 0 atom stereocenters. The molecule has 1 saturated carbocycles. The van der Waals surface area contributed by atoms with Gasteiger partial charge in [0.15, 0.2) is 0 Å². The van der Waals surface area contributed by atoms with Crippen LogP contribution in [-0.4, -0.2) is 47.0 Å². The van der Waals surface area contributed by atoms with Crippen molar-refractivity contribution in [2.45, 2.75) is 51.6 Å². The van der Waals surface area contributed by atoms with Gasteiger partial charge in [-0.25, -0.2) is 4.98 Å². The van der Waals surface area contributed by atoms with E-state index in [4.69, 9.17) is 9.72 Å². The lowest BCUT2D eigenvalue weighted by Crippen LogP contribution is -2.33. The Morgan fingerprint density at radius 1 is 1.17 bits per heavy atom. The van der Waals surface area contributed by atoms with Gasteiger partial charge in [-0.2, -0.15) is 0 Å². The predicted octanol–water partition coefficient (Wildman–Crippen LogP) is 5.63. The second kappa shape index (κ2) is 11.8. The van der Waals surface area contributed by atoms with Gasteiger partial charge in [-0.15, -0.1) is 0 Å². The molecule has 1 aliphatic carbocycles. The van der Waals surface area contributed by atoms with E-state index in [2.05, 4.69) is 21.2 Å². The standard InChI is InChI=1S/C27H33BrN4O3/c1-31(26(34)20-8-4-3-5-9-20)18-19-12-13-24-23(16-19)29-27(32(24)14-7-15-35-2)30-25(33)21-10-6-11-22(28)17-21/h6,10-13,16-17,20H,3-5,7-9,14-15,18H2,1-2H3,(H,29,30,33). The molecule has 1 fully saturated rings. The third kappa shape index (κ3) is 6.30. The van der Waals surface area contributed by atoms with Crippen molar-refractivity contribution in [3.8, 4) is 0 Å². The molecule has 8 heteroatoms. The van der Waals surface area contributed by atoms with E-state index in [9.17, 15) is 9.59 Å². The van der Waals surface area contributed by atoms with Crippen molar-refractivity contribution < 1.29 is 14.3 Å². The number of aryl methyl sites for hydroxylation is 1. The van der Waals surface area contributed by atoms with Crippen LogP contribution in [-0.2, 0) is 22.6 Å². The second-order valence-electron chi connectivity index (χ2n) is 9.25. The van der Waals surface area contributed by atoms with Gasteiger partial charge in [-0.3, -0.25) is 14.9 Å². The van der Waals surface area contributed by atoms with Crippen LogP contribution in [0.1, 0.15) is 54.4 Å². The molecule has 2 amide bonds. The molecule has 3 aromatic rings. The first-order chi connectivity index (χ1) is 17.0. The van der Waals surface area contributed by atoms with Gasteiger partial charge in [0.05, 0.1) is 11.0 Å². The molecule has 0 saturated heterocycles. The van der Waals surface area contributed by atoms with Crippen LogP contribution in [0.5, 0.6) is 0 Å². The number of anilines is 1. The maximum atomic E-state index is 12.9. The van der Waals surface area contributed by atoms with Crippen molar-refractivity contribution in [1.29, 1.82) is 0 Å². The smallest absolute Gasteiger partial charge is 0.258 e. The third-order valence-corrected chi connectivity index (χ3v) is 7.10. The average molecular weight is 541 g/mol. The van der Waals surface area contributed by atoms with Gasteiger partial charge in [-0.1, -0.05) is 47.3 Å². The van der Waals surface area contributed by atoms with Gasteiger partial charge in [0, 0.05) is 49.8 Å². The van der Waals surface area contributed by atoms with Gasteiger partial charge < -0.3 is 14.2 Å². The summed E-state index contributed by atoms with van der Waals surface area (Å²) in [7, 11) is 3.56. The number of nitrogens with zero attached hydrogens (tertiary/aromatic N) is 3. The van der Waals surface area contributed by atoms with Crippen LogP contribution in [0.3, 0.4) is 0 Å². The summed E-state index contributed by atoms with van der Waals surface area (Å²) in [6.07, 6.45) is 6.31. The normalized spacial score (nSPS) is 14.3. The Bertz CT molecular complexity index is 1190. The van der Waals surface area contributed by atoms with Crippen LogP contribution in [0.15, 0.2) is 46.9 Å². The number of aromatic nitrogens is 2. The Hall–Kier alpha value is -2.71. The van der Waals surface area contributed by atoms with Gasteiger partial charge in [0.25, 0.3) is 5.91 Å². The number of rotatable bonds is 9. The second-order valence-corrected chi connectivity index (χ2v) is 10.2. The Labute approximate surface area is 215 Å². The van der Waals surface area contributed by atoms with Gasteiger partial charge in [-0.05, 0) is 55.2 Å². The summed E-state index contributed by atoms with van der Waals surface area (Å²) in [5.74, 6) is 0.673. The Balaban J connectivity index is 1.56. The summed E-state index contributed by atoms with van der Waals surface area (Å²) in [5.41, 5.74) is 3.31. The van der Waals surface area contributed by atoms with E-state index < -0.39 is 0 Å². The zero-order chi connectivity index (χ0) is 24.8. The van der Waals surface area contributed by atoms with Crippen molar-refractivity contribution >= 4 is 44.7 Å². The van der Waals surface area contributed by atoms with Crippen molar-refractivity contribution in [3.05, 3.63) is 58.1 Å². The van der Waals surface area contributed by atoms with E-state index in [1.165, 1.54) is 6.42 Å². The van der Waals surface area contributed by atoms with Crippen LogP contribution in [0, 0.1) is 5.92 Å². The summed E-state index contributed by atoms with van der Waals surface area (Å²) in [4.78, 5) is 32.4. The van der Waals surface area contributed by atoms with Crippen LogP contribution < -0.4 is 5.32 Å². The zero-order valence-corrected chi connectivity index (χ0v) is 22.0. The minimum atomic E-state index is -0.215. The number of amides is 2. The van der Waals surface area contributed by atoms with E-state index in [1.807, 2.05) is 46.8 Å². The van der Waals surface area contributed by atoms with E-state index >= 15 is 0 Å². The molecule has 0 bridgehead atoms. The summed E-state index contributed by atoms with van der Waals surface area (Å²) in [6.45, 7) is 1.82. The fraction of sp³-hybridized carbons (Fsp3) is 0.444. The maximum absolute atomic E-state index is 12.9. The maximum Gasteiger partial charge on any atom is 0.258 e. The Morgan fingerprint density at radius 2 is 1.97 bits per heavy atom. The van der Waals surface area contributed by atoms with Gasteiger partial charge in [0.1, 0.15) is 0 Å². The molecule has 7 nitrogen and oxygen atoms in total. The molecule has 1 heterocycles. The number of carbonyl (C=O) groups excluding carboxylic acids is 2. The minimum absolute atomic E-state index is 0.150. The minimum Gasteiger partial charge on any atom is -0.385 e. The Morgan fingerprint density at radius 3 is 2.71 bits per heavy atom. The highest BCUT2D eigenvalue weighted by Crippen LogP contribution is 2.27. The predicted molar refractivity (Wildman–Crippen MR) is 141 cm³/mol. The number of ether oxygens (including phenoxy) is 1. The fourth-order valence-electron chi connectivity index (χ4n) is 4.78. The summed E-state index contributed by atoms with van der Waals surface area (Å²) in [6, 6.07) is 13.4. The van der Waals surface area contributed by atoms with Crippen molar-refractivity contribution in [1.82, 2.24) is 14.5 Å². The van der Waals surface area contributed by atoms with Gasteiger partial charge in [0.2, 0.25) is 11.9 Å². The zero-order valence-electron chi connectivity index (χ0n) is 20.4. The molecule has 0 spiro atoms. The Kier molecular flexibility index (Phi) is 8.57. The quantitative estimate of drug-likeness (QED) is 0.357. The number of carbonyl (C=O) groups is 2. The SMILES string of the molecule is COCCCn1c(NC(=O)c2cccc(Br)c2)nc2cc(CN(C)C(=O)C3CCCCC3)ccc21. The molecule has 4 rings (SSSR count). The number of imidazole rings is 1. The summed E-state index contributed by atoms with van der Waals surface area (Å²) < 4.78 is 8.09. The van der Waals surface area contributed by atoms with Crippen LogP contribution in [0.2, 0.25) is 0 Å². The highest BCUT2D eigenvalue weighted by molar-refractivity contribution is 9.10. The summed E-state index contributed by atoms with van der Waals surface area (Å²) in [5, 5.41) is 2.98. The van der Waals surface area contributed by atoms with E-state index in [0.717, 1.165) is 53.2 Å². The molecule has 1 aliphatic rings. The first kappa shape index (κ1) is 25.4. The average Bonchev–Trinajstić information content (AvgIpc) is 3.20. The number of methoxy groups -OCH3 is 1. The summed E-state index contributed by atoms with van der Waals surface area (Å²) >= 11 is 3.42. The number of hydrogen-bond donors (Lipinski definition) is 1. The van der Waals surface area contributed by atoms with E-state index in [0.29, 0.717) is 31.2 Å². The van der Waals surface area contributed by atoms with Crippen LogP contribution in [0.25, 0.3) is 11.0 Å². The lowest BCUT2D eigenvalue weighted by Gasteiger charge is -2.26. The lowest BCUT2D eigenvalue weighted by atomic mass is 9.88. The van der Waals surface area contributed by atoms with E-state index in [-0.39, 0.29) is 17.7 Å². The number of hydrogen-bond acceptors (Lipinski definition) is 4. The van der Waals surface area contributed by atoms with Crippen LogP contribution >= 0.6 is 15.9 Å². The number of benzene rings is 2. The molecule has 1 aromatic heterocycles. The lowest BCUT2D eigenvalue weighted by molar-refractivity contribution is -0.135. The molecular formula is C27H33BrN4O3. The highest BCUT2D eigenvalue weighted by Gasteiger charge is 2.24.